The summed E-state index contributed by atoms with van der Waals surface area (Å²) < 4.78 is 4.92. The highest BCUT2D eigenvalue weighted by Crippen LogP contribution is 2.26. The molecule has 2 rings (SSSR count). The van der Waals surface area contributed by atoms with Gasteiger partial charge in [-0.1, -0.05) is 12.2 Å². The Balaban J connectivity index is 2.06. The summed E-state index contributed by atoms with van der Waals surface area (Å²) in [5.74, 6) is 0.172. The summed E-state index contributed by atoms with van der Waals surface area (Å²) in [5.41, 5.74) is 0.440. The zero-order chi connectivity index (χ0) is 12.3. The lowest BCUT2D eigenvalue weighted by Gasteiger charge is -2.12. The van der Waals surface area contributed by atoms with E-state index in [4.69, 9.17) is 4.74 Å². The van der Waals surface area contributed by atoms with E-state index in [2.05, 4.69) is 17.5 Å². The fraction of sp³-hybridized carbons (Fsp3) is 0.308. The van der Waals surface area contributed by atoms with E-state index in [9.17, 15) is 9.90 Å². The number of rotatable bonds is 3. The van der Waals surface area contributed by atoms with Crippen molar-refractivity contribution in [2.75, 3.05) is 7.11 Å². The number of hydrogen-bond donors (Lipinski definition) is 2. The van der Waals surface area contributed by atoms with E-state index in [1.165, 1.54) is 13.2 Å². The first-order valence-electron chi connectivity index (χ1n) is 5.53. The fourth-order valence-electron chi connectivity index (χ4n) is 1.84. The van der Waals surface area contributed by atoms with Gasteiger partial charge >= 0.3 is 0 Å². The number of nitrogens with one attached hydrogen (secondary N) is 1. The number of phenolic OH excluding ortho intramolecular Hbond substituents is 1. The van der Waals surface area contributed by atoms with E-state index in [1.54, 1.807) is 12.1 Å². The van der Waals surface area contributed by atoms with E-state index in [0.29, 0.717) is 11.3 Å². The number of methoxy groups -OCH3 is 1. The van der Waals surface area contributed by atoms with Crippen LogP contribution in [0.4, 0.5) is 0 Å². The molecular formula is C13H15NO3. The second kappa shape index (κ2) is 4.91. The van der Waals surface area contributed by atoms with Gasteiger partial charge in [0.05, 0.1) is 7.11 Å². The van der Waals surface area contributed by atoms with Crippen molar-refractivity contribution in [3.05, 3.63) is 35.9 Å². The molecule has 17 heavy (non-hydrogen) atoms. The van der Waals surface area contributed by atoms with Gasteiger partial charge in [0.25, 0.3) is 5.91 Å². The van der Waals surface area contributed by atoms with Crippen LogP contribution in [0.15, 0.2) is 30.4 Å². The van der Waals surface area contributed by atoms with Gasteiger partial charge in [-0.2, -0.15) is 0 Å². The summed E-state index contributed by atoms with van der Waals surface area (Å²) in [6, 6.07) is 4.80. The van der Waals surface area contributed by atoms with Crippen LogP contribution in [0.5, 0.6) is 11.5 Å². The Morgan fingerprint density at radius 3 is 2.71 bits per heavy atom. The molecule has 0 saturated heterocycles. The standard InChI is InChI=1S/C13H15NO3/c1-17-12-7-6-9(8-11(12)15)13(16)14-10-4-2-3-5-10/h2-3,6-8,10,15H,4-5H2,1H3,(H,14,16). The Hall–Kier alpha value is -1.97. The first-order valence-corrected chi connectivity index (χ1v) is 5.53. The molecule has 0 radical (unpaired) electrons. The summed E-state index contributed by atoms with van der Waals surface area (Å²) in [5, 5.41) is 12.5. The van der Waals surface area contributed by atoms with Gasteiger partial charge in [0.1, 0.15) is 0 Å². The topological polar surface area (TPSA) is 58.6 Å². The molecule has 1 amide bonds. The Bertz CT molecular complexity index is 446. The molecule has 90 valence electrons. The lowest BCUT2D eigenvalue weighted by molar-refractivity contribution is 0.0938. The average molecular weight is 233 g/mol. The number of benzene rings is 1. The molecule has 1 aliphatic rings. The number of phenols is 1. The van der Waals surface area contributed by atoms with E-state index >= 15 is 0 Å². The van der Waals surface area contributed by atoms with Crippen molar-refractivity contribution in [3.63, 3.8) is 0 Å². The van der Waals surface area contributed by atoms with Crippen LogP contribution in [0.3, 0.4) is 0 Å². The average Bonchev–Trinajstić information content (AvgIpc) is 2.81. The minimum Gasteiger partial charge on any atom is -0.504 e. The molecular weight excluding hydrogens is 218 g/mol. The van der Waals surface area contributed by atoms with Gasteiger partial charge in [0.2, 0.25) is 0 Å². The van der Waals surface area contributed by atoms with Crippen molar-refractivity contribution < 1.29 is 14.6 Å². The van der Waals surface area contributed by atoms with E-state index in [0.717, 1.165) is 12.8 Å². The molecule has 0 aliphatic heterocycles. The highest BCUT2D eigenvalue weighted by Gasteiger charge is 2.15. The number of ether oxygens (including phenoxy) is 1. The molecule has 1 aromatic rings. The third-order valence-electron chi connectivity index (χ3n) is 2.78. The largest absolute Gasteiger partial charge is 0.504 e. The molecule has 2 N–H and O–H groups in total. The van der Waals surface area contributed by atoms with Crippen molar-refractivity contribution in [1.82, 2.24) is 5.32 Å². The molecule has 0 bridgehead atoms. The van der Waals surface area contributed by atoms with Crippen LogP contribution in [0.25, 0.3) is 0 Å². The van der Waals surface area contributed by atoms with Gasteiger partial charge in [0.15, 0.2) is 11.5 Å². The molecule has 0 spiro atoms. The third-order valence-corrected chi connectivity index (χ3v) is 2.78. The van der Waals surface area contributed by atoms with Crippen LogP contribution in [0, 0.1) is 0 Å². The lowest BCUT2D eigenvalue weighted by atomic mass is 10.1. The van der Waals surface area contributed by atoms with Gasteiger partial charge in [-0.15, -0.1) is 0 Å². The number of carbonyl (C=O) groups is 1. The number of hydrogen-bond acceptors (Lipinski definition) is 3. The predicted molar refractivity (Wildman–Crippen MR) is 64.3 cm³/mol. The molecule has 0 heterocycles. The van der Waals surface area contributed by atoms with E-state index < -0.39 is 0 Å². The SMILES string of the molecule is COc1ccc(C(=O)NC2CC=CC2)cc1O. The Morgan fingerprint density at radius 1 is 1.41 bits per heavy atom. The normalized spacial score (nSPS) is 14.9. The van der Waals surface area contributed by atoms with Crippen LogP contribution in [0.2, 0.25) is 0 Å². The maximum Gasteiger partial charge on any atom is 0.251 e. The van der Waals surface area contributed by atoms with Crippen LogP contribution in [-0.4, -0.2) is 24.2 Å². The van der Waals surface area contributed by atoms with Crippen molar-refractivity contribution >= 4 is 5.91 Å². The highest BCUT2D eigenvalue weighted by molar-refractivity contribution is 5.95. The summed E-state index contributed by atoms with van der Waals surface area (Å²) in [4.78, 5) is 11.9. The van der Waals surface area contributed by atoms with Crippen molar-refractivity contribution in [3.8, 4) is 11.5 Å². The zero-order valence-corrected chi connectivity index (χ0v) is 9.64. The van der Waals surface area contributed by atoms with Crippen LogP contribution >= 0.6 is 0 Å². The van der Waals surface area contributed by atoms with Gasteiger partial charge in [-0.3, -0.25) is 4.79 Å². The number of aromatic hydroxyl groups is 1. The first-order chi connectivity index (χ1) is 8.20. The smallest absolute Gasteiger partial charge is 0.251 e. The quantitative estimate of drug-likeness (QED) is 0.783. The maximum absolute atomic E-state index is 11.9. The van der Waals surface area contributed by atoms with Crippen molar-refractivity contribution in [1.29, 1.82) is 0 Å². The van der Waals surface area contributed by atoms with E-state index in [1.807, 2.05) is 0 Å². The van der Waals surface area contributed by atoms with Crippen LogP contribution in [-0.2, 0) is 0 Å². The molecule has 0 unspecified atom stereocenters. The summed E-state index contributed by atoms with van der Waals surface area (Å²) in [6.07, 6.45) is 5.84. The number of carbonyl (C=O) groups excluding carboxylic acids is 1. The maximum atomic E-state index is 11.9. The molecule has 0 saturated carbocycles. The molecule has 4 nitrogen and oxygen atoms in total. The Labute approximate surface area is 99.9 Å². The molecule has 1 aliphatic carbocycles. The van der Waals surface area contributed by atoms with Gasteiger partial charge in [0, 0.05) is 11.6 Å². The predicted octanol–water partition coefficient (Wildman–Crippen LogP) is 1.85. The van der Waals surface area contributed by atoms with Gasteiger partial charge < -0.3 is 15.2 Å². The zero-order valence-electron chi connectivity index (χ0n) is 9.64. The lowest BCUT2D eigenvalue weighted by Crippen LogP contribution is -2.32. The minimum atomic E-state index is -0.170. The third kappa shape index (κ3) is 2.58. The molecule has 0 atom stereocenters. The second-order valence-corrected chi connectivity index (χ2v) is 4.00. The summed E-state index contributed by atoms with van der Waals surface area (Å²) in [7, 11) is 1.47. The first kappa shape index (κ1) is 11.5. The summed E-state index contributed by atoms with van der Waals surface area (Å²) in [6.45, 7) is 0. The molecule has 1 aromatic carbocycles. The molecule has 0 aromatic heterocycles. The highest BCUT2D eigenvalue weighted by atomic mass is 16.5. The van der Waals surface area contributed by atoms with Gasteiger partial charge in [-0.05, 0) is 31.0 Å². The fourth-order valence-corrected chi connectivity index (χ4v) is 1.84. The molecule has 0 fully saturated rings. The van der Waals surface area contributed by atoms with Crippen molar-refractivity contribution in [2.45, 2.75) is 18.9 Å². The summed E-state index contributed by atoms with van der Waals surface area (Å²) >= 11 is 0. The second-order valence-electron chi connectivity index (χ2n) is 4.00. The van der Waals surface area contributed by atoms with E-state index in [-0.39, 0.29) is 17.7 Å². The Kier molecular flexibility index (Phi) is 3.32. The van der Waals surface area contributed by atoms with Crippen LogP contribution < -0.4 is 10.1 Å². The van der Waals surface area contributed by atoms with Crippen molar-refractivity contribution in [2.24, 2.45) is 0 Å². The molecule has 4 heteroatoms. The van der Waals surface area contributed by atoms with Crippen LogP contribution in [0.1, 0.15) is 23.2 Å². The van der Waals surface area contributed by atoms with Gasteiger partial charge in [-0.25, -0.2) is 0 Å². The monoisotopic (exact) mass is 233 g/mol. The number of amides is 1. The minimum absolute atomic E-state index is 0.0234. The Morgan fingerprint density at radius 2 is 2.12 bits per heavy atom.